The predicted molar refractivity (Wildman–Crippen MR) is 140 cm³/mol. The van der Waals surface area contributed by atoms with E-state index in [9.17, 15) is 0 Å². The Kier molecular flexibility index (Phi) is 11.5. The lowest BCUT2D eigenvalue weighted by atomic mass is 10.1. The Hall–Kier alpha value is -0.810. The number of nitrogens with one attached hydrogen (secondary N) is 2. The summed E-state index contributed by atoms with van der Waals surface area (Å²) in [5, 5.41) is 18.9. The summed E-state index contributed by atoms with van der Waals surface area (Å²) in [7, 11) is 0. The number of hydrogen-bond donors (Lipinski definition) is 2. The van der Waals surface area contributed by atoms with E-state index in [0.717, 1.165) is 49.4 Å². The van der Waals surface area contributed by atoms with Gasteiger partial charge in [-0.05, 0) is 43.9 Å². The lowest BCUT2D eigenvalue weighted by Crippen LogP contribution is -2.38. The lowest BCUT2D eigenvalue weighted by molar-refractivity contribution is 0.460. The van der Waals surface area contributed by atoms with Crippen molar-refractivity contribution in [3.63, 3.8) is 0 Å². The van der Waals surface area contributed by atoms with Crippen LogP contribution in [0.25, 0.3) is 0 Å². The molecule has 1 fully saturated rings. The minimum Gasteiger partial charge on any atom is -0.357 e. The Morgan fingerprint density at radius 3 is 2.80 bits per heavy atom. The highest BCUT2D eigenvalue weighted by Crippen LogP contribution is 2.33. The number of guanidine groups is 1. The maximum atomic E-state index is 4.78. The lowest BCUT2D eigenvalue weighted by Gasteiger charge is -2.16. The molecule has 0 radical (unpaired) electrons. The second-order valence-electron chi connectivity index (χ2n) is 7.58. The summed E-state index contributed by atoms with van der Waals surface area (Å²) in [6, 6.07) is 4.89. The minimum atomic E-state index is 0. The van der Waals surface area contributed by atoms with Gasteiger partial charge in [0, 0.05) is 36.3 Å². The van der Waals surface area contributed by atoms with E-state index in [-0.39, 0.29) is 24.0 Å². The molecule has 0 saturated heterocycles. The molecule has 2 heterocycles. The van der Waals surface area contributed by atoms with Crippen molar-refractivity contribution in [2.75, 3.05) is 25.9 Å². The van der Waals surface area contributed by atoms with Gasteiger partial charge in [-0.1, -0.05) is 37.6 Å². The monoisotopic (exact) mass is 562 g/mol. The third kappa shape index (κ3) is 7.12. The van der Waals surface area contributed by atoms with Crippen LogP contribution in [0.4, 0.5) is 0 Å². The van der Waals surface area contributed by atoms with E-state index in [1.807, 2.05) is 0 Å². The molecule has 6 nitrogen and oxygen atoms in total. The van der Waals surface area contributed by atoms with Gasteiger partial charge in [0.2, 0.25) is 0 Å². The maximum absolute atomic E-state index is 4.78. The normalized spacial score (nSPS) is 15.8. The van der Waals surface area contributed by atoms with Crippen LogP contribution in [0.5, 0.6) is 0 Å². The van der Waals surface area contributed by atoms with Gasteiger partial charge in [0.1, 0.15) is 5.82 Å². The van der Waals surface area contributed by atoms with Crippen LogP contribution in [-0.4, -0.2) is 46.6 Å². The van der Waals surface area contributed by atoms with Crippen LogP contribution in [-0.2, 0) is 6.42 Å². The minimum absolute atomic E-state index is 0. The molecule has 1 saturated carbocycles. The highest BCUT2D eigenvalue weighted by Gasteiger charge is 2.23. The molecule has 30 heavy (non-hydrogen) atoms. The predicted octanol–water partition coefficient (Wildman–Crippen LogP) is 5.09. The molecular formula is C21H35IN6S2. The summed E-state index contributed by atoms with van der Waals surface area (Å²) in [5.74, 6) is 2.48. The first-order chi connectivity index (χ1) is 14.2. The topological polar surface area (TPSA) is 67.1 Å². The maximum Gasteiger partial charge on any atom is 0.191 e. The van der Waals surface area contributed by atoms with Gasteiger partial charge >= 0.3 is 0 Å². The Bertz CT molecular complexity index is 756. The third-order valence-corrected chi connectivity index (χ3v) is 7.12. The van der Waals surface area contributed by atoms with Crippen molar-refractivity contribution in [2.24, 2.45) is 4.99 Å². The van der Waals surface area contributed by atoms with Crippen molar-refractivity contribution in [3.8, 4) is 0 Å². The number of rotatable bonds is 10. The third-order valence-electron chi connectivity index (χ3n) is 5.37. The molecule has 1 aliphatic rings. The Morgan fingerprint density at radius 1 is 1.33 bits per heavy atom. The Balaban J connectivity index is 0.00000320. The van der Waals surface area contributed by atoms with Crippen LogP contribution >= 0.6 is 47.1 Å². The molecule has 0 aliphatic heterocycles. The molecule has 2 aromatic heterocycles. The fraction of sp³-hybridized carbons (Fsp3) is 0.667. The number of halogens is 1. The van der Waals surface area contributed by atoms with Crippen molar-refractivity contribution in [1.29, 1.82) is 0 Å². The molecule has 2 N–H and O–H groups in total. The number of thioether (sulfide) groups is 1. The number of aryl methyl sites for hydroxylation is 1. The summed E-state index contributed by atoms with van der Waals surface area (Å²) in [4.78, 5) is 6.17. The van der Waals surface area contributed by atoms with Crippen molar-refractivity contribution in [3.05, 3.63) is 28.2 Å². The van der Waals surface area contributed by atoms with Gasteiger partial charge in [0.05, 0.1) is 6.54 Å². The van der Waals surface area contributed by atoms with Gasteiger partial charge in [-0.3, -0.25) is 4.99 Å². The van der Waals surface area contributed by atoms with E-state index in [4.69, 9.17) is 4.99 Å². The van der Waals surface area contributed by atoms with Crippen molar-refractivity contribution >= 4 is 53.0 Å². The number of aliphatic imine (C=N–C) groups is 1. The molecule has 0 bridgehead atoms. The van der Waals surface area contributed by atoms with Crippen LogP contribution in [0.15, 0.2) is 27.7 Å². The van der Waals surface area contributed by atoms with Crippen molar-refractivity contribution < 1.29 is 0 Å². The zero-order chi connectivity index (χ0) is 20.5. The fourth-order valence-corrected chi connectivity index (χ4v) is 5.18. The number of hydrogen-bond acceptors (Lipinski definition) is 5. The highest BCUT2D eigenvalue weighted by molar-refractivity contribution is 14.0. The number of thiophene rings is 1. The summed E-state index contributed by atoms with van der Waals surface area (Å²) in [6.45, 7) is 6.88. The van der Waals surface area contributed by atoms with Gasteiger partial charge in [-0.25, -0.2) is 0 Å². The highest BCUT2D eigenvalue weighted by atomic mass is 127. The molecule has 0 amide bonds. The fourth-order valence-electron chi connectivity index (χ4n) is 3.83. The van der Waals surface area contributed by atoms with E-state index >= 15 is 0 Å². The zero-order valence-electron chi connectivity index (χ0n) is 18.3. The summed E-state index contributed by atoms with van der Waals surface area (Å²) in [6.07, 6.45) is 9.23. The Labute approximate surface area is 206 Å². The smallest absolute Gasteiger partial charge is 0.191 e. The van der Waals surface area contributed by atoms with E-state index < -0.39 is 0 Å². The van der Waals surface area contributed by atoms with Crippen LogP contribution in [0.1, 0.15) is 68.6 Å². The molecule has 0 aromatic carbocycles. The largest absolute Gasteiger partial charge is 0.357 e. The number of aromatic nitrogens is 3. The number of nitrogens with zero attached hydrogens (tertiary/aromatic N) is 4. The van der Waals surface area contributed by atoms with E-state index in [2.05, 4.69) is 63.0 Å². The van der Waals surface area contributed by atoms with Gasteiger partial charge in [0.25, 0.3) is 0 Å². The molecular weight excluding hydrogens is 527 g/mol. The van der Waals surface area contributed by atoms with E-state index in [0.29, 0.717) is 12.0 Å². The summed E-state index contributed by atoms with van der Waals surface area (Å²) in [5.41, 5.74) is 0. The Morgan fingerprint density at radius 2 is 2.13 bits per heavy atom. The van der Waals surface area contributed by atoms with Crippen LogP contribution in [0, 0.1) is 0 Å². The SMILES string of the molecule is CCNC(=NCC(C)c1cccs1)NCCCc1nnc(SC)n1C1CCCC1.I. The average Bonchev–Trinajstić information content (AvgIpc) is 3.49. The molecule has 1 unspecified atom stereocenters. The van der Waals surface area contributed by atoms with Gasteiger partial charge < -0.3 is 15.2 Å². The molecule has 168 valence electrons. The van der Waals surface area contributed by atoms with Crippen LogP contribution in [0.3, 0.4) is 0 Å². The first-order valence-electron chi connectivity index (χ1n) is 10.8. The van der Waals surface area contributed by atoms with Crippen LogP contribution in [0.2, 0.25) is 0 Å². The second-order valence-corrected chi connectivity index (χ2v) is 9.33. The quantitative estimate of drug-likeness (QED) is 0.139. The molecule has 1 atom stereocenters. The molecule has 9 heteroatoms. The standard InChI is InChI=1S/C21H34N6S2.HI/c1-4-22-20(24-15-16(2)18-11-8-14-29-18)23-13-7-12-19-25-26-21(28-3)27(19)17-9-5-6-10-17;/h8,11,14,16-17H,4-7,9-10,12-13,15H2,1-3H3,(H2,22,23,24);1H. The first-order valence-corrected chi connectivity index (χ1v) is 12.9. The first kappa shape index (κ1) is 25.5. The molecule has 2 aromatic rings. The van der Waals surface area contributed by atoms with E-state index in [1.165, 1.54) is 30.6 Å². The molecule has 1 aliphatic carbocycles. The van der Waals surface area contributed by atoms with Crippen LogP contribution < -0.4 is 10.6 Å². The summed E-state index contributed by atoms with van der Waals surface area (Å²) < 4.78 is 2.40. The van der Waals surface area contributed by atoms with E-state index in [1.54, 1.807) is 23.1 Å². The van der Waals surface area contributed by atoms with Gasteiger partial charge in [-0.2, -0.15) is 0 Å². The summed E-state index contributed by atoms with van der Waals surface area (Å²) >= 11 is 3.51. The van der Waals surface area contributed by atoms with Gasteiger partial charge in [-0.15, -0.1) is 45.5 Å². The van der Waals surface area contributed by atoms with Crippen molar-refractivity contribution in [2.45, 2.75) is 69.5 Å². The van der Waals surface area contributed by atoms with Crippen molar-refractivity contribution in [1.82, 2.24) is 25.4 Å². The molecule has 0 spiro atoms. The van der Waals surface area contributed by atoms with Gasteiger partial charge in [0.15, 0.2) is 11.1 Å². The second kappa shape index (κ2) is 13.6. The molecule has 3 rings (SSSR count). The zero-order valence-corrected chi connectivity index (χ0v) is 22.2. The average molecular weight is 563 g/mol.